The second kappa shape index (κ2) is 9.40. The van der Waals surface area contributed by atoms with Crippen LogP contribution in [-0.2, 0) is 9.59 Å². The molecule has 1 unspecified atom stereocenters. The first-order chi connectivity index (χ1) is 13.2. The molecule has 2 heterocycles. The van der Waals surface area contributed by atoms with Crippen LogP contribution in [0.25, 0.3) is 0 Å². The zero-order chi connectivity index (χ0) is 19.1. The lowest BCUT2D eigenvalue weighted by Crippen LogP contribution is -2.45. The van der Waals surface area contributed by atoms with Crippen molar-refractivity contribution in [3.05, 3.63) is 24.3 Å². The molecule has 0 aromatic heterocycles. The third-order valence-corrected chi connectivity index (χ3v) is 5.44. The van der Waals surface area contributed by atoms with Gasteiger partial charge < -0.3 is 15.1 Å². The van der Waals surface area contributed by atoms with Gasteiger partial charge in [-0.05, 0) is 49.9 Å². The maximum atomic E-state index is 12.9. The molecule has 0 saturated carbocycles. The standard InChI is InChI=1S/C21H28N4O2/c22-12-11-20(26)23-18-7-9-19(10-8-18)25-15-5-6-17(16-25)21(27)24-13-3-1-2-4-14-24/h7-10,17H,1-6,11,13-16H2,(H,23,26). The molecule has 27 heavy (non-hydrogen) atoms. The summed E-state index contributed by atoms with van der Waals surface area (Å²) in [7, 11) is 0. The SMILES string of the molecule is N#CCC(=O)Nc1ccc(N2CCCC(C(=O)N3CCCCCC3)C2)cc1. The minimum absolute atomic E-state index is 0.0758. The number of likely N-dealkylation sites (tertiary alicyclic amines) is 1. The van der Waals surface area contributed by atoms with Crippen LogP contribution < -0.4 is 10.2 Å². The summed E-state index contributed by atoms with van der Waals surface area (Å²) in [5.74, 6) is 0.0974. The van der Waals surface area contributed by atoms with E-state index in [1.807, 2.05) is 30.3 Å². The summed E-state index contributed by atoms with van der Waals surface area (Å²) >= 11 is 0. The summed E-state index contributed by atoms with van der Waals surface area (Å²) in [4.78, 5) is 28.8. The molecule has 2 saturated heterocycles. The highest BCUT2D eigenvalue weighted by molar-refractivity contribution is 5.92. The fourth-order valence-corrected chi connectivity index (χ4v) is 4.00. The van der Waals surface area contributed by atoms with Crippen molar-refractivity contribution in [1.29, 1.82) is 5.26 Å². The molecule has 1 aromatic carbocycles. The van der Waals surface area contributed by atoms with Crippen molar-refractivity contribution >= 4 is 23.2 Å². The first kappa shape index (κ1) is 19.2. The number of carbonyl (C=O) groups excluding carboxylic acids is 2. The number of piperidine rings is 1. The van der Waals surface area contributed by atoms with Crippen LogP contribution in [0.15, 0.2) is 24.3 Å². The lowest BCUT2D eigenvalue weighted by atomic mass is 9.95. The van der Waals surface area contributed by atoms with Gasteiger partial charge in [0.1, 0.15) is 6.42 Å². The fraction of sp³-hybridized carbons (Fsp3) is 0.571. The number of rotatable bonds is 4. The molecule has 2 aliphatic heterocycles. The Morgan fingerprint density at radius 3 is 2.41 bits per heavy atom. The van der Waals surface area contributed by atoms with Gasteiger partial charge in [0.25, 0.3) is 0 Å². The second-order valence-corrected chi connectivity index (χ2v) is 7.45. The lowest BCUT2D eigenvalue weighted by Gasteiger charge is -2.36. The van der Waals surface area contributed by atoms with Crippen LogP contribution in [0.4, 0.5) is 11.4 Å². The molecular formula is C21H28N4O2. The van der Waals surface area contributed by atoms with Gasteiger partial charge in [-0.15, -0.1) is 0 Å². The van der Waals surface area contributed by atoms with Crippen LogP contribution in [0.1, 0.15) is 44.9 Å². The number of hydrogen-bond donors (Lipinski definition) is 1. The number of amides is 2. The van der Waals surface area contributed by atoms with Gasteiger partial charge in [0.15, 0.2) is 0 Å². The number of nitrogens with one attached hydrogen (secondary N) is 1. The Morgan fingerprint density at radius 2 is 1.74 bits per heavy atom. The molecule has 6 heteroatoms. The molecule has 0 radical (unpaired) electrons. The average molecular weight is 368 g/mol. The second-order valence-electron chi connectivity index (χ2n) is 7.45. The Hall–Kier alpha value is -2.55. The Morgan fingerprint density at radius 1 is 1.04 bits per heavy atom. The van der Waals surface area contributed by atoms with Crippen molar-refractivity contribution in [2.75, 3.05) is 36.4 Å². The first-order valence-corrected chi connectivity index (χ1v) is 9.98. The fourth-order valence-electron chi connectivity index (χ4n) is 4.00. The lowest BCUT2D eigenvalue weighted by molar-refractivity contribution is -0.135. The predicted octanol–water partition coefficient (Wildman–Crippen LogP) is 3.16. The first-order valence-electron chi connectivity index (χ1n) is 9.98. The topological polar surface area (TPSA) is 76.4 Å². The zero-order valence-electron chi connectivity index (χ0n) is 15.8. The molecule has 0 spiro atoms. The van der Waals surface area contributed by atoms with Gasteiger partial charge in [0.05, 0.1) is 12.0 Å². The molecule has 1 atom stereocenters. The van der Waals surface area contributed by atoms with Gasteiger partial charge in [-0.25, -0.2) is 0 Å². The Kier molecular flexibility index (Phi) is 6.69. The van der Waals surface area contributed by atoms with Crippen molar-refractivity contribution in [2.24, 2.45) is 5.92 Å². The maximum Gasteiger partial charge on any atom is 0.238 e. The number of nitrogens with zero attached hydrogens (tertiary/aromatic N) is 3. The Bertz CT molecular complexity index is 687. The van der Waals surface area contributed by atoms with Crippen LogP contribution in [0.2, 0.25) is 0 Å². The maximum absolute atomic E-state index is 12.9. The Balaban J connectivity index is 1.59. The van der Waals surface area contributed by atoms with Gasteiger partial charge >= 0.3 is 0 Å². The van der Waals surface area contributed by atoms with Gasteiger partial charge in [-0.3, -0.25) is 9.59 Å². The summed E-state index contributed by atoms with van der Waals surface area (Å²) < 4.78 is 0. The quantitative estimate of drug-likeness (QED) is 0.886. The highest BCUT2D eigenvalue weighted by atomic mass is 16.2. The number of hydrogen-bond acceptors (Lipinski definition) is 4. The minimum atomic E-state index is -0.300. The van der Waals surface area contributed by atoms with Crippen LogP contribution in [0, 0.1) is 17.2 Å². The molecule has 1 N–H and O–H groups in total. The van der Waals surface area contributed by atoms with Gasteiger partial charge in [-0.1, -0.05) is 12.8 Å². The molecule has 2 aliphatic rings. The number of benzene rings is 1. The summed E-state index contributed by atoms with van der Waals surface area (Å²) in [6, 6.07) is 9.49. The van der Waals surface area contributed by atoms with E-state index in [0.29, 0.717) is 11.6 Å². The molecule has 0 bridgehead atoms. The van der Waals surface area contributed by atoms with E-state index in [0.717, 1.165) is 57.5 Å². The van der Waals surface area contributed by atoms with Crippen LogP contribution >= 0.6 is 0 Å². The molecule has 0 aliphatic carbocycles. The predicted molar refractivity (Wildman–Crippen MR) is 105 cm³/mol. The molecule has 3 rings (SSSR count). The molecule has 2 amide bonds. The molecule has 2 fully saturated rings. The van der Waals surface area contributed by atoms with Crippen molar-refractivity contribution in [1.82, 2.24) is 4.90 Å². The minimum Gasteiger partial charge on any atom is -0.371 e. The van der Waals surface area contributed by atoms with E-state index < -0.39 is 0 Å². The van der Waals surface area contributed by atoms with E-state index in [-0.39, 0.29) is 18.2 Å². The van der Waals surface area contributed by atoms with Gasteiger partial charge in [0, 0.05) is 37.6 Å². The van der Waals surface area contributed by atoms with Crippen LogP contribution in [0.3, 0.4) is 0 Å². The van der Waals surface area contributed by atoms with E-state index in [1.165, 1.54) is 12.8 Å². The number of anilines is 2. The number of nitriles is 1. The smallest absolute Gasteiger partial charge is 0.238 e. The molecule has 1 aromatic rings. The van der Waals surface area contributed by atoms with E-state index in [9.17, 15) is 9.59 Å². The van der Waals surface area contributed by atoms with Crippen LogP contribution in [0.5, 0.6) is 0 Å². The third kappa shape index (κ3) is 5.22. The highest BCUT2D eigenvalue weighted by Crippen LogP contribution is 2.26. The van der Waals surface area contributed by atoms with Gasteiger partial charge in [0.2, 0.25) is 11.8 Å². The average Bonchev–Trinajstić information content (AvgIpc) is 2.98. The van der Waals surface area contributed by atoms with E-state index in [1.54, 1.807) is 0 Å². The van der Waals surface area contributed by atoms with E-state index >= 15 is 0 Å². The molecule has 6 nitrogen and oxygen atoms in total. The summed E-state index contributed by atoms with van der Waals surface area (Å²) in [5, 5.41) is 11.3. The largest absolute Gasteiger partial charge is 0.371 e. The molecular weight excluding hydrogens is 340 g/mol. The van der Waals surface area contributed by atoms with Crippen molar-refractivity contribution in [3.8, 4) is 6.07 Å². The molecule has 144 valence electrons. The summed E-state index contributed by atoms with van der Waals surface area (Å²) in [5.41, 5.74) is 1.76. The normalized spacial score (nSPS) is 20.5. The zero-order valence-corrected chi connectivity index (χ0v) is 15.8. The number of carbonyl (C=O) groups is 2. The van der Waals surface area contributed by atoms with E-state index in [2.05, 4.69) is 15.1 Å². The van der Waals surface area contributed by atoms with Crippen molar-refractivity contribution in [2.45, 2.75) is 44.9 Å². The Labute approximate surface area is 161 Å². The monoisotopic (exact) mass is 368 g/mol. The third-order valence-electron chi connectivity index (χ3n) is 5.44. The van der Waals surface area contributed by atoms with Crippen molar-refractivity contribution < 1.29 is 9.59 Å². The summed E-state index contributed by atoms with van der Waals surface area (Å²) in [6.07, 6.45) is 6.56. The summed E-state index contributed by atoms with van der Waals surface area (Å²) in [6.45, 7) is 3.53. The van der Waals surface area contributed by atoms with Crippen molar-refractivity contribution in [3.63, 3.8) is 0 Å². The highest BCUT2D eigenvalue weighted by Gasteiger charge is 2.29. The van der Waals surface area contributed by atoms with Gasteiger partial charge in [-0.2, -0.15) is 5.26 Å². The van der Waals surface area contributed by atoms with E-state index in [4.69, 9.17) is 5.26 Å². The van der Waals surface area contributed by atoms with Crippen LogP contribution in [-0.4, -0.2) is 42.9 Å².